The van der Waals surface area contributed by atoms with Gasteiger partial charge in [-0.15, -0.1) is 0 Å². The van der Waals surface area contributed by atoms with E-state index in [1.165, 1.54) is 0 Å². The van der Waals surface area contributed by atoms with Gasteiger partial charge in [0.2, 0.25) is 0 Å². The second kappa shape index (κ2) is 5.54. The molecular formula is C13H19NO. The highest BCUT2D eigenvalue weighted by Gasteiger charge is 2.07. The first-order valence-electron chi connectivity index (χ1n) is 5.48. The van der Waals surface area contributed by atoms with Crippen molar-refractivity contribution in [2.45, 2.75) is 33.1 Å². The molecule has 1 atom stereocenters. The van der Waals surface area contributed by atoms with Crippen molar-refractivity contribution in [2.75, 3.05) is 5.73 Å². The number of rotatable bonds is 5. The molecule has 82 valence electrons. The number of Topliss-reactive ketones (excluding diaryl/α,β-unsaturated/α-hetero) is 1. The lowest BCUT2D eigenvalue weighted by Crippen LogP contribution is -2.07. The normalized spacial score (nSPS) is 12.4. The van der Waals surface area contributed by atoms with Gasteiger partial charge in [-0.05, 0) is 23.6 Å². The van der Waals surface area contributed by atoms with E-state index < -0.39 is 0 Å². The molecule has 0 radical (unpaired) electrons. The summed E-state index contributed by atoms with van der Waals surface area (Å²) in [5.74, 6) is 0.806. The fourth-order valence-electron chi connectivity index (χ4n) is 1.47. The third-order valence-corrected chi connectivity index (χ3v) is 2.65. The van der Waals surface area contributed by atoms with Crippen LogP contribution in [0.25, 0.3) is 0 Å². The zero-order valence-electron chi connectivity index (χ0n) is 9.49. The molecular weight excluding hydrogens is 186 g/mol. The van der Waals surface area contributed by atoms with E-state index in [4.69, 9.17) is 5.73 Å². The van der Waals surface area contributed by atoms with Crippen LogP contribution in [0, 0.1) is 5.92 Å². The van der Waals surface area contributed by atoms with Crippen LogP contribution in [0.5, 0.6) is 0 Å². The maximum atomic E-state index is 11.6. The van der Waals surface area contributed by atoms with Crippen molar-refractivity contribution in [2.24, 2.45) is 5.92 Å². The van der Waals surface area contributed by atoms with Crippen molar-refractivity contribution in [1.29, 1.82) is 0 Å². The van der Waals surface area contributed by atoms with Gasteiger partial charge in [-0.2, -0.15) is 0 Å². The third-order valence-electron chi connectivity index (χ3n) is 2.65. The predicted molar refractivity (Wildman–Crippen MR) is 63.6 cm³/mol. The number of hydrogen-bond donors (Lipinski definition) is 1. The standard InChI is InChI=1S/C13H19NO/c1-3-10(2)8-13(15)9-11-4-6-12(14)7-5-11/h4-7,10H,3,8-9,14H2,1-2H3. The minimum Gasteiger partial charge on any atom is -0.399 e. The van der Waals surface area contributed by atoms with Crippen LogP contribution in [0.15, 0.2) is 24.3 Å². The molecule has 0 spiro atoms. The fourth-order valence-corrected chi connectivity index (χ4v) is 1.47. The first-order valence-corrected chi connectivity index (χ1v) is 5.48. The molecule has 0 aliphatic heterocycles. The molecule has 0 amide bonds. The Kier molecular flexibility index (Phi) is 4.35. The van der Waals surface area contributed by atoms with Crippen LogP contribution in [0.3, 0.4) is 0 Å². The van der Waals surface area contributed by atoms with E-state index in [0.717, 1.165) is 17.7 Å². The molecule has 0 bridgehead atoms. The summed E-state index contributed by atoms with van der Waals surface area (Å²) in [4.78, 5) is 11.6. The molecule has 1 aromatic carbocycles. The van der Waals surface area contributed by atoms with Gasteiger partial charge in [-0.3, -0.25) is 4.79 Å². The third kappa shape index (κ3) is 4.15. The summed E-state index contributed by atoms with van der Waals surface area (Å²) >= 11 is 0. The van der Waals surface area contributed by atoms with E-state index >= 15 is 0 Å². The number of ketones is 1. The Morgan fingerprint density at radius 3 is 2.47 bits per heavy atom. The molecule has 0 saturated heterocycles. The molecule has 1 rings (SSSR count). The number of hydrogen-bond acceptors (Lipinski definition) is 2. The topological polar surface area (TPSA) is 43.1 Å². The van der Waals surface area contributed by atoms with Crippen molar-refractivity contribution in [3.63, 3.8) is 0 Å². The minimum absolute atomic E-state index is 0.314. The Labute approximate surface area is 91.5 Å². The summed E-state index contributed by atoms with van der Waals surface area (Å²) < 4.78 is 0. The summed E-state index contributed by atoms with van der Waals surface area (Å²) in [5, 5.41) is 0. The summed E-state index contributed by atoms with van der Waals surface area (Å²) in [7, 11) is 0. The average Bonchev–Trinajstić information content (AvgIpc) is 2.21. The Bertz CT molecular complexity index is 316. The van der Waals surface area contributed by atoms with E-state index in [-0.39, 0.29) is 0 Å². The van der Waals surface area contributed by atoms with Crippen LogP contribution < -0.4 is 5.73 Å². The molecule has 0 aliphatic rings. The summed E-state index contributed by atoms with van der Waals surface area (Å²) in [5.41, 5.74) is 7.37. The largest absolute Gasteiger partial charge is 0.399 e. The van der Waals surface area contributed by atoms with Gasteiger partial charge in [0, 0.05) is 18.5 Å². The van der Waals surface area contributed by atoms with E-state index in [1.54, 1.807) is 0 Å². The monoisotopic (exact) mass is 205 g/mol. The van der Waals surface area contributed by atoms with Gasteiger partial charge in [0.05, 0.1) is 0 Å². The molecule has 1 aromatic rings. The molecule has 0 aromatic heterocycles. The van der Waals surface area contributed by atoms with Crippen LogP contribution in [-0.4, -0.2) is 5.78 Å². The minimum atomic E-state index is 0.314. The second-order valence-corrected chi connectivity index (χ2v) is 4.17. The Morgan fingerprint density at radius 1 is 1.33 bits per heavy atom. The van der Waals surface area contributed by atoms with E-state index in [1.807, 2.05) is 24.3 Å². The van der Waals surface area contributed by atoms with Gasteiger partial charge in [-0.25, -0.2) is 0 Å². The Balaban J connectivity index is 2.48. The zero-order chi connectivity index (χ0) is 11.3. The summed E-state index contributed by atoms with van der Waals surface area (Å²) in [6.45, 7) is 4.22. The van der Waals surface area contributed by atoms with Crippen LogP contribution in [0.1, 0.15) is 32.3 Å². The van der Waals surface area contributed by atoms with Gasteiger partial charge in [0.1, 0.15) is 5.78 Å². The molecule has 2 nitrogen and oxygen atoms in total. The van der Waals surface area contributed by atoms with E-state index in [0.29, 0.717) is 24.5 Å². The maximum absolute atomic E-state index is 11.6. The summed E-state index contributed by atoms with van der Waals surface area (Å²) in [6.07, 6.45) is 2.28. The fraction of sp³-hybridized carbons (Fsp3) is 0.462. The predicted octanol–water partition coefficient (Wildman–Crippen LogP) is 2.82. The SMILES string of the molecule is CCC(C)CC(=O)Cc1ccc(N)cc1. The molecule has 0 saturated carbocycles. The first-order chi connectivity index (χ1) is 7.11. The van der Waals surface area contributed by atoms with Crippen LogP contribution in [0.2, 0.25) is 0 Å². The zero-order valence-corrected chi connectivity index (χ0v) is 9.49. The van der Waals surface area contributed by atoms with Gasteiger partial charge < -0.3 is 5.73 Å². The highest BCUT2D eigenvalue weighted by atomic mass is 16.1. The number of carbonyl (C=O) groups is 1. The lowest BCUT2D eigenvalue weighted by atomic mass is 9.98. The van der Waals surface area contributed by atoms with Gasteiger partial charge in [-0.1, -0.05) is 32.4 Å². The lowest BCUT2D eigenvalue weighted by molar-refractivity contribution is -0.119. The maximum Gasteiger partial charge on any atom is 0.137 e. The average molecular weight is 205 g/mol. The Morgan fingerprint density at radius 2 is 1.93 bits per heavy atom. The van der Waals surface area contributed by atoms with Crippen molar-refractivity contribution in [3.05, 3.63) is 29.8 Å². The lowest BCUT2D eigenvalue weighted by Gasteiger charge is -2.07. The highest BCUT2D eigenvalue weighted by Crippen LogP contribution is 2.11. The number of nitrogens with two attached hydrogens (primary N) is 1. The quantitative estimate of drug-likeness (QED) is 0.751. The smallest absolute Gasteiger partial charge is 0.137 e. The Hall–Kier alpha value is -1.31. The second-order valence-electron chi connectivity index (χ2n) is 4.17. The first kappa shape index (κ1) is 11.8. The van der Waals surface area contributed by atoms with Crippen molar-refractivity contribution >= 4 is 11.5 Å². The van der Waals surface area contributed by atoms with Crippen LogP contribution in [-0.2, 0) is 11.2 Å². The number of nitrogen functional groups attached to an aromatic ring is 1. The van der Waals surface area contributed by atoms with Crippen molar-refractivity contribution in [1.82, 2.24) is 0 Å². The molecule has 0 fully saturated rings. The van der Waals surface area contributed by atoms with E-state index in [9.17, 15) is 4.79 Å². The number of carbonyl (C=O) groups excluding carboxylic acids is 1. The van der Waals surface area contributed by atoms with Crippen molar-refractivity contribution in [3.8, 4) is 0 Å². The van der Waals surface area contributed by atoms with E-state index in [2.05, 4.69) is 13.8 Å². The number of anilines is 1. The van der Waals surface area contributed by atoms with Gasteiger partial charge in [0.25, 0.3) is 0 Å². The number of benzene rings is 1. The van der Waals surface area contributed by atoms with Crippen LogP contribution >= 0.6 is 0 Å². The highest BCUT2D eigenvalue weighted by molar-refractivity contribution is 5.81. The molecule has 15 heavy (non-hydrogen) atoms. The molecule has 1 unspecified atom stereocenters. The van der Waals surface area contributed by atoms with Crippen molar-refractivity contribution < 1.29 is 4.79 Å². The summed E-state index contributed by atoms with van der Waals surface area (Å²) in [6, 6.07) is 7.52. The van der Waals surface area contributed by atoms with Gasteiger partial charge >= 0.3 is 0 Å². The molecule has 0 heterocycles. The molecule has 0 aliphatic carbocycles. The van der Waals surface area contributed by atoms with Crippen LogP contribution in [0.4, 0.5) is 5.69 Å². The van der Waals surface area contributed by atoms with Gasteiger partial charge in [0.15, 0.2) is 0 Å². The molecule has 2 heteroatoms. The molecule has 2 N–H and O–H groups in total.